The summed E-state index contributed by atoms with van der Waals surface area (Å²) in [5, 5.41) is 0. The van der Waals surface area contributed by atoms with E-state index in [9.17, 15) is 0 Å². The smallest absolute Gasteiger partial charge is 0.0414 e. The summed E-state index contributed by atoms with van der Waals surface area (Å²) in [4.78, 5) is 0. The second kappa shape index (κ2) is 17.3. The first-order valence-corrected chi connectivity index (χ1v) is 11.7. The standard InChI is InChI=1S/C26H49N/c1-6-8-10-12-13-14-15-16-18-20-25(5)23-26(27,22-24(3)4)21-19-17-11-9-7-2/h19,21H,3,5-18,20,22-23,27H2,1-2,4H3/b21-19+. The summed E-state index contributed by atoms with van der Waals surface area (Å²) in [5.74, 6) is 0. The van der Waals surface area contributed by atoms with Gasteiger partial charge in [-0.15, -0.1) is 6.58 Å². The summed E-state index contributed by atoms with van der Waals surface area (Å²) in [5.41, 5.74) is 8.88. The lowest BCUT2D eigenvalue weighted by molar-refractivity contribution is 0.501. The predicted octanol–water partition coefficient (Wildman–Crippen LogP) is 8.65. The van der Waals surface area contributed by atoms with Crippen LogP contribution >= 0.6 is 0 Å². The van der Waals surface area contributed by atoms with Gasteiger partial charge in [0.1, 0.15) is 0 Å². The van der Waals surface area contributed by atoms with E-state index in [0.717, 1.165) is 31.3 Å². The Morgan fingerprint density at radius 3 is 1.85 bits per heavy atom. The Bertz CT molecular complexity index is 406. The van der Waals surface area contributed by atoms with Crippen LogP contribution in [0.4, 0.5) is 0 Å². The zero-order chi connectivity index (χ0) is 20.4. The van der Waals surface area contributed by atoms with Gasteiger partial charge >= 0.3 is 0 Å². The van der Waals surface area contributed by atoms with Crippen LogP contribution in [0.15, 0.2) is 36.5 Å². The van der Waals surface area contributed by atoms with E-state index in [1.807, 2.05) is 0 Å². The van der Waals surface area contributed by atoms with Crippen LogP contribution < -0.4 is 5.73 Å². The molecule has 0 radical (unpaired) electrons. The van der Waals surface area contributed by atoms with Gasteiger partial charge in [-0.2, -0.15) is 0 Å². The monoisotopic (exact) mass is 375 g/mol. The van der Waals surface area contributed by atoms with Crippen LogP contribution in [-0.2, 0) is 0 Å². The Morgan fingerprint density at radius 2 is 1.30 bits per heavy atom. The van der Waals surface area contributed by atoms with Crippen molar-refractivity contribution in [2.75, 3.05) is 0 Å². The molecule has 0 spiro atoms. The zero-order valence-corrected chi connectivity index (χ0v) is 19.0. The Labute approximate surface area is 171 Å². The highest BCUT2D eigenvalue weighted by atomic mass is 14.7. The van der Waals surface area contributed by atoms with E-state index in [0.29, 0.717) is 0 Å². The van der Waals surface area contributed by atoms with Crippen LogP contribution in [0.2, 0.25) is 0 Å². The molecule has 0 rings (SSSR count). The lowest BCUT2D eigenvalue weighted by atomic mass is 9.84. The Kier molecular flexibility index (Phi) is 16.8. The molecule has 0 saturated heterocycles. The number of hydrogen-bond acceptors (Lipinski definition) is 1. The van der Waals surface area contributed by atoms with Gasteiger partial charge < -0.3 is 5.73 Å². The first kappa shape index (κ1) is 26.2. The van der Waals surface area contributed by atoms with Gasteiger partial charge in [-0.05, 0) is 45.4 Å². The fourth-order valence-corrected chi connectivity index (χ4v) is 3.81. The SMILES string of the molecule is C=C(C)CC(N)(/C=C/CCCCC)CC(=C)CCCCCCCCCCC. The summed E-state index contributed by atoms with van der Waals surface area (Å²) in [6, 6.07) is 0. The maximum Gasteiger partial charge on any atom is 0.0414 e. The van der Waals surface area contributed by atoms with E-state index in [1.54, 1.807) is 0 Å². The molecule has 0 amide bonds. The van der Waals surface area contributed by atoms with E-state index in [-0.39, 0.29) is 5.54 Å². The first-order chi connectivity index (χ1) is 12.9. The maximum absolute atomic E-state index is 6.72. The fourth-order valence-electron chi connectivity index (χ4n) is 3.81. The van der Waals surface area contributed by atoms with Crippen molar-refractivity contribution in [1.82, 2.24) is 0 Å². The topological polar surface area (TPSA) is 26.0 Å². The molecule has 0 fully saturated rings. The van der Waals surface area contributed by atoms with Crippen LogP contribution in [0.5, 0.6) is 0 Å². The Morgan fingerprint density at radius 1 is 0.778 bits per heavy atom. The van der Waals surface area contributed by atoms with Crippen LogP contribution in [0.25, 0.3) is 0 Å². The van der Waals surface area contributed by atoms with Crippen molar-refractivity contribution in [3.63, 3.8) is 0 Å². The third-order valence-corrected chi connectivity index (χ3v) is 5.27. The van der Waals surface area contributed by atoms with E-state index in [4.69, 9.17) is 5.73 Å². The molecule has 27 heavy (non-hydrogen) atoms. The highest BCUT2D eigenvalue weighted by Gasteiger charge is 2.22. The van der Waals surface area contributed by atoms with Crippen LogP contribution in [0, 0.1) is 0 Å². The van der Waals surface area contributed by atoms with Gasteiger partial charge in [0, 0.05) is 5.54 Å². The van der Waals surface area contributed by atoms with Crippen molar-refractivity contribution < 1.29 is 0 Å². The molecule has 1 heteroatoms. The van der Waals surface area contributed by atoms with Crippen molar-refractivity contribution in [1.29, 1.82) is 0 Å². The van der Waals surface area contributed by atoms with Crippen molar-refractivity contribution in [3.8, 4) is 0 Å². The Hall–Kier alpha value is -0.820. The first-order valence-electron chi connectivity index (χ1n) is 11.7. The van der Waals surface area contributed by atoms with Crippen molar-refractivity contribution in [2.45, 2.75) is 129 Å². The average molecular weight is 376 g/mol. The second-order valence-electron chi connectivity index (χ2n) is 8.77. The number of rotatable bonds is 19. The summed E-state index contributed by atoms with van der Waals surface area (Å²) in [7, 11) is 0. The lowest BCUT2D eigenvalue weighted by Gasteiger charge is -2.27. The third kappa shape index (κ3) is 17.0. The van der Waals surface area contributed by atoms with Gasteiger partial charge in [0.15, 0.2) is 0 Å². The van der Waals surface area contributed by atoms with Crippen molar-refractivity contribution >= 4 is 0 Å². The third-order valence-electron chi connectivity index (χ3n) is 5.27. The molecule has 158 valence electrons. The highest BCUT2D eigenvalue weighted by molar-refractivity contribution is 5.17. The molecule has 0 bridgehead atoms. The molecule has 1 atom stereocenters. The molecule has 0 aromatic carbocycles. The largest absolute Gasteiger partial charge is 0.321 e. The van der Waals surface area contributed by atoms with Gasteiger partial charge in [0.2, 0.25) is 0 Å². The molecule has 2 N–H and O–H groups in total. The molecular weight excluding hydrogens is 326 g/mol. The normalized spacial score (nSPS) is 13.8. The minimum atomic E-state index is -0.297. The van der Waals surface area contributed by atoms with Gasteiger partial charge in [0.05, 0.1) is 0 Å². The number of nitrogens with two attached hydrogens (primary N) is 1. The molecule has 0 aliphatic carbocycles. The second-order valence-corrected chi connectivity index (χ2v) is 8.77. The average Bonchev–Trinajstić information content (AvgIpc) is 2.59. The zero-order valence-electron chi connectivity index (χ0n) is 19.0. The van der Waals surface area contributed by atoms with Crippen molar-refractivity contribution in [2.24, 2.45) is 5.73 Å². The molecule has 0 aromatic rings. The van der Waals surface area contributed by atoms with Gasteiger partial charge in [-0.25, -0.2) is 0 Å². The summed E-state index contributed by atoms with van der Waals surface area (Å²) < 4.78 is 0. The quantitative estimate of drug-likeness (QED) is 0.177. The number of unbranched alkanes of at least 4 members (excludes halogenated alkanes) is 11. The fraction of sp³-hybridized carbons (Fsp3) is 0.769. The highest BCUT2D eigenvalue weighted by Crippen LogP contribution is 2.26. The maximum atomic E-state index is 6.72. The van der Waals surface area contributed by atoms with E-state index in [1.165, 1.54) is 82.6 Å². The predicted molar refractivity (Wildman–Crippen MR) is 125 cm³/mol. The Balaban J connectivity index is 4.08. The molecule has 1 nitrogen and oxygen atoms in total. The van der Waals surface area contributed by atoms with Gasteiger partial charge in [-0.1, -0.05) is 108 Å². The number of allylic oxidation sites excluding steroid dienone is 1. The van der Waals surface area contributed by atoms with Crippen LogP contribution in [0.3, 0.4) is 0 Å². The molecule has 0 heterocycles. The van der Waals surface area contributed by atoms with Crippen LogP contribution in [0.1, 0.15) is 124 Å². The molecule has 0 aliphatic heterocycles. The molecule has 0 saturated carbocycles. The van der Waals surface area contributed by atoms with E-state index < -0.39 is 0 Å². The number of hydrogen-bond donors (Lipinski definition) is 1. The minimum absolute atomic E-state index is 0.297. The summed E-state index contributed by atoms with van der Waals surface area (Å²) in [6.07, 6.45) is 24.7. The molecule has 0 aromatic heterocycles. The molecule has 0 aliphatic rings. The van der Waals surface area contributed by atoms with Gasteiger partial charge in [0.25, 0.3) is 0 Å². The van der Waals surface area contributed by atoms with E-state index in [2.05, 4.69) is 46.1 Å². The van der Waals surface area contributed by atoms with Gasteiger partial charge in [-0.3, -0.25) is 0 Å². The molecular formula is C26H49N. The van der Waals surface area contributed by atoms with Crippen molar-refractivity contribution in [3.05, 3.63) is 36.5 Å². The molecule has 1 unspecified atom stereocenters. The lowest BCUT2D eigenvalue weighted by Crippen LogP contribution is -2.38. The van der Waals surface area contributed by atoms with Crippen LogP contribution in [-0.4, -0.2) is 5.54 Å². The minimum Gasteiger partial charge on any atom is -0.321 e. The summed E-state index contributed by atoms with van der Waals surface area (Å²) in [6.45, 7) is 15.0. The summed E-state index contributed by atoms with van der Waals surface area (Å²) >= 11 is 0. The van der Waals surface area contributed by atoms with E-state index >= 15 is 0 Å².